The Hall–Kier alpha value is -2.14. The number of carbonyl (C=O) groups is 1. The zero-order chi connectivity index (χ0) is 15.4. The molecule has 0 aliphatic rings. The van der Waals surface area contributed by atoms with Crippen molar-refractivity contribution in [2.75, 3.05) is 7.11 Å². The van der Waals surface area contributed by atoms with Gasteiger partial charge in [-0.3, -0.25) is 4.79 Å². The number of ether oxygens (including phenoxy) is 1. The van der Waals surface area contributed by atoms with Gasteiger partial charge < -0.3 is 9.84 Å². The number of ketones is 1. The molecule has 5 heteroatoms. The Morgan fingerprint density at radius 3 is 2.71 bits per heavy atom. The number of rotatable bonds is 4. The standard InChI is InChI=1S/C16H12BrFO3/c1-21-16-8-11(4-7-15(16)20)14(19)6-3-10-2-5-12(17)9-13(10)18/h2-9,20H,1H3/b6-3+. The summed E-state index contributed by atoms with van der Waals surface area (Å²) < 4.78 is 19.2. The van der Waals surface area contributed by atoms with Crippen LogP contribution in [0.1, 0.15) is 15.9 Å². The predicted molar refractivity (Wildman–Crippen MR) is 82.1 cm³/mol. The van der Waals surface area contributed by atoms with Crippen LogP contribution in [-0.2, 0) is 0 Å². The number of halogens is 2. The second kappa shape index (κ2) is 6.54. The quantitative estimate of drug-likeness (QED) is 0.663. The van der Waals surface area contributed by atoms with Crippen molar-refractivity contribution in [3.63, 3.8) is 0 Å². The lowest BCUT2D eigenvalue weighted by atomic mass is 10.1. The highest BCUT2D eigenvalue weighted by Gasteiger charge is 2.08. The summed E-state index contributed by atoms with van der Waals surface area (Å²) in [5.41, 5.74) is 0.663. The lowest BCUT2D eigenvalue weighted by Gasteiger charge is -2.04. The molecule has 0 amide bonds. The van der Waals surface area contributed by atoms with E-state index in [4.69, 9.17) is 4.74 Å². The summed E-state index contributed by atoms with van der Waals surface area (Å²) in [6.07, 6.45) is 2.68. The third kappa shape index (κ3) is 3.70. The second-order valence-corrected chi connectivity index (χ2v) is 5.17. The molecule has 2 rings (SSSR count). The van der Waals surface area contributed by atoms with Crippen molar-refractivity contribution in [3.8, 4) is 11.5 Å². The Morgan fingerprint density at radius 1 is 1.29 bits per heavy atom. The molecule has 0 aliphatic heterocycles. The number of methoxy groups -OCH3 is 1. The average Bonchev–Trinajstić information content (AvgIpc) is 2.46. The number of phenolic OH excluding ortho intramolecular Hbond substituents is 1. The van der Waals surface area contributed by atoms with Crippen LogP contribution < -0.4 is 4.74 Å². The molecule has 0 saturated carbocycles. The van der Waals surface area contributed by atoms with Crippen LogP contribution in [0.5, 0.6) is 11.5 Å². The number of phenols is 1. The molecule has 2 aromatic carbocycles. The second-order valence-electron chi connectivity index (χ2n) is 4.25. The van der Waals surface area contributed by atoms with Gasteiger partial charge >= 0.3 is 0 Å². The fourth-order valence-electron chi connectivity index (χ4n) is 1.73. The van der Waals surface area contributed by atoms with Gasteiger partial charge in [-0.05, 0) is 42.5 Å². The van der Waals surface area contributed by atoms with E-state index in [9.17, 15) is 14.3 Å². The fourth-order valence-corrected chi connectivity index (χ4v) is 2.06. The van der Waals surface area contributed by atoms with Crippen LogP contribution in [0.15, 0.2) is 46.9 Å². The van der Waals surface area contributed by atoms with Gasteiger partial charge in [0.05, 0.1) is 7.11 Å². The third-order valence-corrected chi connectivity index (χ3v) is 3.33. The van der Waals surface area contributed by atoms with Gasteiger partial charge in [0, 0.05) is 15.6 Å². The molecule has 1 N–H and O–H groups in total. The maximum atomic E-state index is 13.6. The monoisotopic (exact) mass is 350 g/mol. The van der Waals surface area contributed by atoms with E-state index in [0.717, 1.165) is 0 Å². The maximum absolute atomic E-state index is 13.6. The zero-order valence-corrected chi connectivity index (χ0v) is 12.7. The Morgan fingerprint density at radius 2 is 2.05 bits per heavy atom. The van der Waals surface area contributed by atoms with Crippen LogP contribution in [-0.4, -0.2) is 18.0 Å². The molecule has 0 fully saturated rings. The largest absolute Gasteiger partial charge is 0.504 e. The van der Waals surface area contributed by atoms with E-state index in [1.807, 2.05) is 0 Å². The van der Waals surface area contributed by atoms with Crippen molar-refractivity contribution in [1.82, 2.24) is 0 Å². The summed E-state index contributed by atoms with van der Waals surface area (Å²) in [6, 6.07) is 8.87. The molecule has 0 aromatic heterocycles. The van der Waals surface area contributed by atoms with E-state index in [1.54, 1.807) is 12.1 Å². The highest BCUT2D eigenvalue weighted by atomic mass is 79.9. The van der Waals surface area contributed by atoms with Crippen LogP contribution >= 0.6 is 15.9 Å². The van der Waals surface area contributed by atoms with Crippen molar-refractivity contribution in [1.29, 1.82) is 0 Å². The number of benzene rings is 2. The number of aromatic hydroxyl groups is 1. The molecule has 0 unspecified atom stereocenters. The molecule has 0 atom stereocenters. The molecule has 21 heavy (non-hydrogen) atoms. The number of allylic oxidation sites excluding steroid dienone is 1. The van der Waals surface area contributed by atoms with E-state index in [-0.39, 0.29) is 17.3 Å². The van der Waals surface area contributed by atoms with Gasteiger partial charge in [0.1, 0.15) is 5.82 Å². The number of hydrogen-bond donors (Lipinski definition) is 1. The third-order valence-electron chi connectivity index (χ3n) is 2.84. The Labute approximate surface area is 129 Å². The van der Waals surface area contributed by atoms with E-state index >= 15 is 0 Å². The molecule has 2 aromatic rings. The highest BCUT2D eigenvalue weighted by Crippen LogP contribution is 2.26. The van der Waals surface area contributed by atoms with Crippen LogP contribution in [0.3, 0.4) is 0 Å². The molecule has 0 heterocycles. The SMILES string of the molecule is COc1cc(C(=O)/C=C/c2ccc(Br)cc2F)ccc1O. The molecule has 0 bridgehead atoms. The number of carbonyl (C=O) groups excluding carboxylic acids is 1. The van der Waals surface area contributed by atoms with Gasteiger partial charge in [0.15, 0.2) is 17.3 Å². The molecule has 0 radical (unpaired) electrons. The van der Waals surface area contributed by atoms with Gasteiger partial charge in [-0.2, -0.15) is 0 Å². The number of hydrogen-bond acceptors (Lipinski definition) is 3. The molecule has 0 aliphatic carbocycles. The molecular weight excluding hydrogens is 339 g/mol. The summed E-state index contributed by atoms with van der Waals surface area (Å²) >= 11 is 3.17. The summed E-state index contributed by atoms with van der Waals surface area (Å²) in [7, 11) is 1.40. The van der Waals surface area contributed by atoms with Crippen molar-refractivity contribution < 1.29 is 19.0 Å². The van der Waals surface area contributed by atoms with E-state index < -0.39 is 5.82 Å². The lowest BCUT2D eigenvalue weighted by Crippen LogP contribution is -1.95. The summed E-state index contributed by atoms with van der Waals surface area (Å²) in [5, 5.41) is 9.48. The minimum atomic E-state index is -0.420. The summed E-state index contributed by atoms with van der Waals surface area (Å²) in [5.74, 6) is -0.562. The molecular formula is C16H12BrFO3. The summed E-state index contributed by atoms with van der Waals surface area (Å²) in [6.45, 7) is 0. The molecule has 0 spiro atoms. The highest BCUT2D eigenvalue weighted by molar-refractivity contribution is 9.10. The fraction of sp³-hybridized carbons (Fsp3) is 0.0625. The van der Waals surface area contributed by atoms with Crippen LogP contribution in [0.2, 0.25) is 0 Å². The normalized spacial score (nSPS) is 10.8. The van der Waals surface area contributed by atoms with Gasteiger partial charge in [0.2, 0.25) is 0 Å². The first-order chi connectivity index (χ1) is 10.0. The Balaban J connectivity index is 2.23. The van der Waals surface area contributed by atoms with E-state index in [1.165, 1.54) is 43.5 Å². The van der Waals surface area contributed by atoms with Crippen molar-refractivity contribution in [2.24, 2.45) is 0 Å². The predicted octanol–water partition coefficient (Wildman–Crippen LogP) is 4.20. The van der Waals surface area contributed by atoms with Gasteiger partial charge in [0.25, 0.3) is 0 Å². The molecule has 0 saturated heterocycles. The van der Waals surface area contributed by atoms with Crippen LogP contribution in [0.25, 0.3) is 6.08 Å². The minimum Gasteiger partial charge on any atom is -0.504 e. The van der Waals surface area contributed by atoms with E-state index in [2.05, 4.69) is 15.9 Å². The van der Waals surface area contributed by atoms with E-state index in [0.29, 0.717) is 15.6 Å². The molecule has 108 valence electrons. The maximum Gasteiger partial charge on any atom is 0.185 e. The van der Waals surface area contributed by atoms with Gasteiger partial charge in [-0.15, -0.1) is 0 Å². The van der Waals surface area contributed by atoms with Crippen molar-refractivity contribution in [2.45, 2.75) is 0 Å². The summed E-state index contributed by atoms with van der Waals surface area (Å²) in [4.78, 5) is 12.0. The topological polar surface area (TPSA) is 46.5 Å². The first kappa shape index (κ1) is 15.3. The van der Waals surface area contributed by atoms with Gasteiger partial charge in [-0.25, -0.2) is 4.39 Å². The van der Waals surface area contributed by atoms with Crippen LogP contribution in [0, 0.1) is 5.82 Å². The zero-order valence-electron chi connectivity index (χ0n) is 11.1. The minimum absolute atomic E-state index is 0.0445. The first-order valence-electron chi connectivity index (χ1n) is 6.05. The Bertz CT molecular complexity index is 711. The van der Waals surface area contributed by atoms with Crippen molar-refractivity contribution in [3.05, 3.63) is 63.9 Å². The lowest BCUT2D eigenvalue weighted by molar-refractivity contribution is 0.104. The van der Waals surface area contributed by atoms with Gasteiger partial charge in [-0.1, -0.05) is 22.0 Å². The van der Waals surface area contributed by atoms with Crippen molar-refractivity contribution >= 4 is 27.8 Å². The average molecular weight is 351 g/mol. The Kier molecular flexibility index (Phi) is 4.75. The van der Waals surface area contributed by atoms with Crippen LogP contribution in [0.4, 0.5) is 4.39 Å². The smallest absolute Gasteiger partial charge is 0.185 e. The molecule has 3 nitrogen and oxygen atoms in total. The first-order valence-corrected chi connectivity index (χ1v) is 6.85.